The zero-order chi connectivity index (χ0) is 7.40. The van der Waals surface area contributed by atoms with Crippen molar-refractivity contribution >= 4 is 8.38 Å². The molecule has 1 fully saturated rings. The van der Waals surface area contributed by atoms with Crippen LogP contribution in [0.3, 0.4) is 0 Å². The minimum atomic E-state index is -1.12. The van der Waals surface area contributed by atoms with Crippen molar-refractivity contribution in [2.75, 3.05) is 6.66 Å². The minimum absolute atomic E-state index is 0.356. The van der Waals surface area contributed by atoms with E-state index in [1.807, 2.05) is 0 Å². The van der Waals surface area contributed by atoms with Gasteiger partial charge >= 0.3 is 0 Å². The Hall–Kier alpha value is 0.350. The Balaban J connectivity index is 2.13. The molecule has 0 aliphatic heterocycles. The molecule has 2 nitrogen and oxygen atoms in total. The van der Waals surface area contributed by atoms with E-state index in [0.29, 0.717) is 6.10 Å². The molecule has 10 heavy (non-hydrogen) atoms. The van der Waals surface area contributed by atoms with Gasteiger partial charge in [-0.2, -0.15) is 0 Å². The summed E-state index contributed by atoms with van der Waals surface area (Å²) < 4.78 is 5.31. The standard InChI is InChI=1S/C7H15O2P/c1-10(8)9-7-5-3-2-4-6-7/h7-8H,2-6H2,1H3. The second kappa shape index (κ2) is 4.27. The summed E-state index contributed by atoms with van der Waals surface area (Å²) in [6, 6.07) is 0. The van der Waals surface area contributed by atoms with E-state index >= 15 is 0 Å². The van der Waals surface area contributed by atoms with Gasteiger partial charge in [-0.3, -0.25) is 0 Å². The fourth-order valence-corrected chi connectivity index (χ4v) is 2.03. The van der Waals surface area contributed by atoms with Crippen LogP contribution in [0.5, 0.6) is 0 Å². The number of hydrogen-bond acceptors (Lipinski definition) is 2. The Morgan fingerprint density at radius 2 is 1.90 bits per heavy atom. The first-order valence-corrected chi connectivity index (χ1v) is 5.54. The molecular formula is C7H15O2P. The summed E-state index contributed by atoms with van der Waals surface area (Å²) in [5.41, 5.74) is 0. The van der Waals surface area contributed by atoms with Gasteiger partial charge in [0, 0.05) is 6.66 Å². The molecule has 3 heteroatoms. The van der Waals surface area contributed by atoms with Gasteiger partial charge in [-0.25, -0.2) is 0 Å². The topological polar surface area (TPSA) is 29.5 Å². The molecule has 0 aromatic heterocycles. The zero-order valence-corrected chi connectivity index (χ0v) is 7.31. The molecule has 1 atom stereocenters. The monoisotopic (exact) mass is 162 g/mol. The van der Waals surface area contributed by atoms with Crippen LogP contribution in [0.25, 0.3) is 0 Å². The molecule has 0 amide bonds. The maximum Gasteiger partial charge on any atom is 0.164 e. The summed E-state index contributed by atoms with van der Waals surface area (Å²) in [7, 11) is -1.12. The Morgan fingerprint density at radius 1 is 1.30 bits per heavy atom. The van der Waals surface area contributed by atoms with Crippen LogP contribution in [0, 0.1) is 0 Å². The molecule has 1 saturated carbocycles. The lowest BCUT2D eigenvalue weighted by atomic mass is 9.98. The van der Waals surface area contributed by atoms with Crippen LogP contribution in [0.4, 0.5) is 0 Å². The van der Waals surface area contributed by atoms with E-state index in [4.69, 9.17) is 9.42 Å². The lowest BCUT2D eigenvalue weighted by molar-refractivity contribution is 0.158. The summed E-state index contributed by atoms with van der Waals surface area (Å²) in [5, 5.41) is 0. The molecule has 1 rings (SSSR count). The molecule has 1 unspecified atom stereocenters. The molecule has 0 aromatic carbocycles. The van der Waals surface area contributed by atoms with Crippen LogP contribution in [0.2, 0.25) is 0 Å². The molecule has 1 aliphatic rings. The molecular weight excluding hydrogens is 147 g/mol. The zero-order valence-electron chi connectivity index (χ0n) is 6.42. The summed E-state index contributed by atoms with van der Waals surface area (Å²) in [5.74, 6) is 0. The van der Waals surface area contributed by atoms with E-state index in [-0.39, 0.29) is 0 Å². The van der Waals surface area contributed by atoms with Crippen LogP contribution in [-0.4, -0.2) is 17.7 Å². The largest absolute Gasteiger partial charge is 0.350 e. The predicted molar refractivity (Wildman–Crippen MR) is 43.0 cm³/mol. The molecule has 0 heterocycles. The van der Waals surface area contributed by atoms with E-state index < -0.39 is 8.38 Å². The quantitative estimate of drug-likeness (QED) is 0.631. The van der Waals surface area contributed by atoms with E-state index in [9.17, 15) is 0 Å². The molecule has 0 saturated heterocycles. The smallest absolute Gasteiger partial charge is 0.164 e. The highest BCUT2D eigenvalue weighted by Gasteiger charge is 2.15. The normalized spacial score (nSPS) is 24.6. The molecule has 1 aliphatic carbocycles. The van der Waals surface area contributed by atoms with Crippen molar-refractivity contribution in [2.24, 2.45) is 0 Å². The van der Waals surface area contributed by atoms with Crippen LogP contribution >= 0.6 is 8.38 Å². The molecule has 60 valence electrons. The Kier molecular flexibility index (Phi) is 3.61. The highest BCUT2D eigenvalue weighted by molar-refractivity contribution is 7.45. The van der Waals surface area contributed by atoms with Gasteiger partial charge < -0.3 is 9.42 Å². The van der Waals surface area contributed by atoms with Crippen LogP contribution < -0.4 is 0 Å². The highest BCUT2D eigenvalue weighted by Crippen LogP contribution is 2.33. The first-order chi connectivity index (χ1) is 4.79. The summed E-state index contributed by atoms with van der Waals surface area (Å²) >= 11 is 0. The summed E-state index contributed by atoms with van der Waals surface area (Å²) in [6.45, 7) is 1.74. The number of rotatable bonds is 2. The van der Waals surface area contributed by atoms with Gasteiger partial charge in [-0.05, 0) is 12.8 Å². The fourth-order valence-electron chi connectivity index (χ4n) is 1.39. The first-order valence-electron chi connectivity index (χ1n) is 3.88. The first kappa shape index (κ1) is 8.45. The molecule has 0 radical (unpaired) electrons. The van der Waals surface area contributed by atoms with Crippen molar-refractivity contribution in [1.82, 2.24) is 0 Å². The average molecular weight is 162 g/mol. The maximum atomic E-state index is 8.95. The van der Waals surface area contributed by atoms with Gasteiger partial charge in [0.1, 0.15) is 0 Å². The van der Waals surface area contributed by atoms with E-state index in [1.165, 1.54) is 19.3 Å². The van der Waals surface area contributed by atoms with Crippen molar-refractivity contribution in [2.45, 2.75) is 38.2 Å². The van der Waals surface area contributed by atoms with Crippen molar-refractivity contribution in [1.29, 1.82) is 0 Å². The Morgan fingerprint density at radius 3 is 2.40 bits per heavy atom. The summed E-state index contributed by atoms with van der Waals surface area (Å²) in [4.78, 5) is 8.95. The predicted octanol–water partition coefficient (Wildman–Crippen LogP) is 2.27. The van der Waals surface area contributed by atoms with Crippen LogP contribution in [-0.2, 0) is 4.52 Å². The van der Waals surface area contributed by atoms with Gasteiger partial charge in [0.15, 0.2) is 8.38 Å². The van der Waals surface area contributed by atoms with E-state index in [0.717, 1.165) is 12.8 Å². The van der Waals surface area contributed by atoms with Crippen molar-refractivity contribution in [3.63, 3.8) is 0 Å². The molecule has 1 N–H and O–H groups in total. The Bertz CT molecular complexity index is 89.6. The van der Waals surface area contributed by atoms with Gasteiger partial charge in [0.2, 0.25) is 0 Å². The molecule has 0 aromatic rings. The van der Waals surface area contributed by atoms with Crippen molar-refractivity contribution < 1.29 is 9.42 Å². The third-order valence-electron chi connectivity index (χ3n) is 1.85. The second-order valence-electron chi connectivity index (χ2n) is 2.83. The SMILES string of the molecule is CP(O)OC1CCCCC1. The van der Waals surface area contributed by atoms with Crippen molar-refractivity contribution in [3.8, 4) is 0 Å². The lowest BCUT2D eigenvalue weighted by Gasteiger charge is -2.22. The van der Waals surface area contributed by atoms with Gasteiger partial charge in [-0.15, -0.1) is 0 Å². The Labute approximate surface area is 63.5 Å². The highest BCUT2D eigenvalue weighted by atomic mass is 31.2. The lowest BCUT2D eigenvalue weighted by Crippen LogP contribution is -2.13. The van der Waals surface area contributed by atoms with Gasteiger partial charge in [0.05, 0.1) is 6.10 Å². The summed E-state index contributed by atoms with van der Waals surface area (Å²) in [6.07, 6.45) is 6.53. The maximum absolute atomic E-state index is 8.95. The van der Waals surface area contributed by atoms with Gasteiger partial charge in [-0.1, -0.05) is 19.3 Å². The van der Waals surface area contributed by atoms with Crippen LogP contribution in [0.15, 0.2) is 0 Å². The fraction of sp³-hybridized carbons (Fsp3) is 1.00. The molecule has 0 bridgehead atoms. The third kappa shape index (κ3) is 2.96. The average Bonchev–Trinajstić information content (AvgIpc) is 1.88. The second-order valence-corrected chi connectivity index (χ2v) is 3.97. The molecule has 0 spiro atoms. The van der Waals surface area contributed by atoms with Gasteiger partial charge in [0.25, 0.3) is 0 Å². The van der Waals surface area contributed by atoms with Crippen LogP contribution in [0.1, 0.15) is 32.1 Å². The minimum Gasteiger partial charge on any atom is -0.350 e. The third-order valence-corrected chi connectivity index (χ3v) is 2.46. The van der Waals surface area contributed by atoms with E-state index in [2.05, 4.69) is 0 Å². The van der Waals surface area contributed by atoms with E-state index in [1.54, 1.807) is 6.66 Å². The number of hydrogen-bond donors (Lipinski definition) is 1. The van der Waals surface area contributed by atoms with Crippen molar-refractivity contribution in [3.05, 3.63) is 0 Å².